The summed E-state index contributed by atoms with van der Waals surface area (Å²) in [6.45, 7) is 5.13. The molecule has 104 valence electrons. The smallest absolute Gasteiger partial charge is 0.426 e. The van der Waals surface area contributed by atoms with Gasteiger partial charge in [-0.2, -0.15) is 0 Å². The van der Waals surface area contributed by atoms with Crippen molar-refractivity contribution in [3.63, 3.8) is 0 Å². The van der Waals surface area contributed by atoms with Crippen LogP contribution in [0.4, 0.5) is 9.18 Å². The first-order chi connectivity index (χ1) is 8.76. The third-order valence-electron chi connectivity index (χ3n) is 1.96. The molecule has 6 heteroatoms. The highest BCUT2D eigenvalue weighted by atomic mass is 19.1. The number of hydrogen-bond donors (Lipinski definition) is 2. The van der Waals surface area contributed by atoms with Crippen LogP contribution in [0.15, 0.2) is 24.3 Å². The summed E-state index contributed by atoms with van der Waals surface area (Å²) < 4.78 is 17.8. The van der Waals surface area contributed by atoms with Crippen LogP contribution in [0.2, 0.25) is 0 Å². The summed E-state index contributed by atoms with van der Waals surface area (Å²) in [6, 6.07) is 5.68. The van der Waals surface area contributed by atoms with Gasteiger partial charge in [0.1, 0.15) is 11.4 Å². The lowest BCUT2D eigenvalue weighted by Gasteiger charge is -2.19. The third-order valence-corrected chi connectivity index (χ3v) is 1.96. The summed E-state index contributed by atoms with van der Waals surface area (Å²) in [4.78, 5) is 22.8. The fourth-order valence-corrected chi connectivity index (χ4v) is 1.30. The van der Waals surface area contributed by atoms with E-state index in [1.807, 2.05) is 0 Å². The maximum Gasteiger partial charge on any atom is 0.426 e. The maximum atomic E-state index is 12.9. The van der Waals surface area contributed by atoms with Crippen LogP contribution in [0, 0.1) is 5.82 Å². The Morgan fingerprint density at radius 2 is 1.95 bits per heavy atom. The first-order valence-corrected chi connectivity index (χ1v) is 5.78. The number of ether oxygens (including phenoxy) is 1. The number of nitrogens with one attached hydrogen (secondary N) is 2. The second kappa shape index (κ2) is 6.17. The molecule has 2 amide bonds. The van der Waals surface area contributed by atoms with E-state index in [0.29, 0.717) is 5.56 Å². The molecule has 0 spiro atoms. The van der Waals surface area contributed by atoms with Crippen LogP contribution in [-0.2, 0) is 16.0 Å². The molecule has 0 unspecified atom stereocenters. The molecule has 0 saturated heterocycles. The SMILES string of the molecule is CC(C)(C)OC(=O)NNC(=O)Cc1cccc(F)c1. The molecule has 5 nitrogen and oxygen atoms in total. The number of halogens is 1. The monoisotopic (exact) mass is 268 g/mol. The number of hydrazine groups is 1. The summed E-state index contributed by atoms with van der Waals surface area (Å²) in [7, 11) is 0. The predicted molar refractivity (Wildman–Crippen MR) is 67.6 cm³/mol. The Bertz CT molecular complexity index is 469. The second-order valence-corrected chi connectivity index (χ2v) is 4.98. The van der Waals surface area contributed by atoms with Crippen molar-refractivity contribution >= 4 is 12.0 Å². The Morgan fingerprint density at radius 1 is 1.26 bits per heavy atom. The van der Waals surface area contributed by atoms with Gasteiger partial charge >= 0.3 is 6.09 Å². The molecule has 0 aromatic heterocycles. The Morgan fingerprint density at radius 3 is 2.53 bits per heavy atom. The number of carbonyl (C=O) groups is 2. The molecule has 0 atom stereocenters. The van der Waals surface area contributed by atoms with Crippen LogP contribution in [0.5, 0.6) is 0 Å². The lowest BCUT2D eigenvalue weighted by molar-refractivity contribution is -0.121. The van der Waals surface area contributed by atoms with Crippen LogP contribution in [0.3, 0.4) is 0 Å². The van der Waals surface area contributed by atoms with Crippen LogP contribution >= 0.6 is 0 Å². The topological polar surface area (TPSA) is 67.4 Å². The number of hydrogen-bond acceptors (Lipinski definition) is 3. The molecular weight excluding hydrogens is 251 g/mol. The van der Waals surface area contributed by atoms with Crippen molar-refractivity contribution in [2.45, 2.75) is 32.8 Å². The summed E-state index contributed by atoms with van der Waals surface area (Å²) >= 11 is 0. The third kappa shape index (κ3) is 6.40. The maximum absolute atomic E-state index is 12.9. The highest BCUT2D eigenvalue weighted by Gasteiger charge is 2.16. The minimum Gasteiger partial charge on any atom is -0.443 e. The molecule has 0 aliphatic heterocycles. The molecule has 1 rings (SSSR count). The molecule has 1 aromatic rings. The quantitative estimate of drug-likeness (QED) is 0.805. The van der Waals surface area contributed by atoms with Gasteiger partial charge in [-0.3, -0.25) is 10.2 Å². The second-order valence-electron chi connectivity index (χ2n) is 4.98. The van der Waals surface area contributed by atoms with Gasteiger partial charge in [0.05, 0.1) is 6.42 Å². The molecule has 0 fully saturated rings. The van der Waals surface area contributed by atoms with E-state index in [1.54, 1.807) is 26.8 Å². The van der Waals surface area contributed by atoms with E-state index in [4.69, 9.17) is 4.74 Å². The highest BCUT2D eigenvalue weighted by Crippen LogP contribution is 2.06. The van der Waals surface area contributed by atoms with Crippen molar-refractivity contribution < 1.29 is 18.7 Å². The number of benzene rings is 1. The summed E-state index contributed by atoms with van der Waals surface area (Å²) in [5.74, 6) is -0.873. The minimum atomic E-state index is -0.750. The number of amides is 2. The van der Waals surface area contributed by atoms with Crippen molar-refractivity contribution in [1.29, 1.82) is 0 Å². The van der Waals surface area contributed by atoms with E-state index < -0.39 is 23.4 Å². The first-order valence-electron chi connectivity index (χ1n) is 5.78. The fraction of sp³-hybridized carbons (Fsp3) is 0.385. The minimum absolute atomic E-state index is 0.0342. The summed E-state index contributed by atoms with van der Waals surface area (Å²) in [5, 5.41) is 0. The van der Waals surface area contributed by atoms with Crippen molar-refractivity contribution in [2.24, 2.45) is 0 Å². The van der Waals surface area contributed by atoms with Gasteiger partial charge in [-0.05, 0) is 38.5 Å². The zero-order valence-corrected chi connectivity index (χ0v) is 11.1. The highest BCUT2D eigenvalue weighted by molar-refractivity contribution is 5.81. The fourth-order valence-electron chi connectivity index (χ4n) is 1.30. The van der Waals surface area contributed by atoms with Gasteiger partial charge in [-0.25, -0.2) is 14.6 Å². The molecule has 2 N–H and O–H groups in total. The van der Waals surface area contributed by atoms with Gasteiger partial charge in [0.15, 0.2) is 0 Å². The molecule has 0 heterocycles. The number of carbonyl (C=O) groups excluding carboxylic acids is 2. The van der Waals surface area contributed by atoms with Gasteiger partial charge in [-0.1, -0.05) is 12.1 Å². The van der Waals surface area contributed by atoms with Gasteiger partial charge in [-0.15, -0.1) is 0 Å². The van der Waals surface area contributed by atoms with E-state index >= 15 is 0 Å². The van der Waals surface area contributed by atoms with Crippen LogP contribution in [0.1, 0.15) is 26.3 Å². The molecule has 0 aliphatic carbocycles. The Labute approximate surface area is 111 Å². The van der Waals surface area contributed by atoms with Crippen LogP contribution in [0.25, 0.3) is 0 Å². The van der Waals surface area contributed by atoms with Gasteiger partial charge in [0.2, 0.25) is 5.91 Å². The van der Waals surface area contributed by atoms with Gasteiger partial charge in [0, 0.05) is 0 Å². The lowest BCUT2D eigenvalue weighted by atomic mass is 10.1. The molecule has 1 aromatic carbocycles. The Kier molecular flexibility index (Phi) is 4.86. The molecule has 0 bridgehead atoms. The standard InChI is InChI=1S/C13H17FN2O3/c1-13(2,3)19-12(18)16-15-11(17)8-9-5-4-6-10(14)7-9/h4-7H,8H2,1-3H3,(H,15,17)(H,16,18). The molecule has 19 heavy (non-hydrogen) atoms. The van der Waals surface area contributed by atoms with E-state index in [1.165, 1.54) is 18.2 Å². The van der Waals surface area contributed by atoms with E-state index in [9.17, 15) is 14.0 Å². The Balaban J connectivity index is 2.38. The average molecular weight is 268 g/mol. The largest absolute Gasteiger partial charge is 0.443 e. The van der Waals surface area contributed by atoms with Crippen molar-refractivity contribution in [1.82, 2.24) is 10.9 Å². The van der Waals surface area contributed by atoms with Crippen LogP contribution < -0.4 is 10.9 Å². The zero-order chi connectivity index (χ0) is 14.5. The number of rotatable bonds is 2. The van der Waals surface area contributed by atoms with Gasteiger partial charge in [0.25, 0.3) is 0 Å². The lowest BCUT2D eigenvalue weighted by Crippen LogP contribution is -2.44. The van der Waals surface area contributed by atoms with Crippen molar-refractivity contribution in [2.75, 3.05) is 0 Å². The van der Waals surface area contributed by atoms with Gasteiger partial charge < -0.3 is 4.74 Å². The molecular formula is C13H17FN2O3. The zero-order valence-electron chi connectivity index (χ0n) is 11.1. The molecule has 0 saturated carbocycles. The average Bonchev–Trinajstić information content (AvgIpc) is 2.24. The Hall–Kier alpha value is -2.11. The normalized spacial score (nSPS) is 10.7. The molecule has 0 radical (unpaired) electrons. The van der Waals surface area contributed by atoms with Crippen LogP contribution in [-0.4, -0.2) is 17.6 Å². The van der Waals surface area contributed by atoms with Crippen molar-refractivity contribution in [3.05, 3.63) is 35.6 Å². The van der Waals surface area contributed by atoms with E-state index in [-0.39, 0.29) is 6.42 Å². The predicted octanol–water partition coefficient (Wildman–Crippen LogP) is 1.92. The summed E-state index contributed by atoms with van der Waals surface area (Å²) in [6.07, 6.45) is -0.784. The first kappa shape index (κ1) is 14.9. The summed E-state index contributed by atoms with van der Waals surface area (Å²) in [5.41, 5.74) is 4.18. The van der Waals surface area contributed by atoms with E-state index in [0.717, 1.165) is 0 Å². The van der Waals surface area contributed by atoms with Crippen molar-refractivity contribution in [3.8, 4) is 0 Å². The molecule has 0 aliphatic rings. The van der Waals surface area contributed by atoms with E-state index in [2.05, 4.69) is 10.9 Å².